The SMILES string of the molecule is Cc1c(N)nc(C2CC2)nc1NCC1(C)CCCO1. The summed E-state index contributed by atoms with van der Waals surface area (Å²) in [6.07, 6.45) is 4.59. The van der Waals surface area contributed by atoms with E-state index in [4.69, 9.17) is 10.5 Å². The van der Waals surface area contributed by atoms with E-state index in [1.165, 1.54) is 12.8 Å². The molecule has 0 radical (unpaired) electrons. The second-order valence-corrected chi connectivity index (χ2v) is 5.97. The predicted octanol–water partition coefficient (Wildman–Crippen LogP) is 2.23. The number of ether oxygens (including phenoxy) is 1. The minimum atomic E-state index is -0.0775. The summed E-state index contributed by atoms with van der Waals surface area (Å²) >= 11 is 0. The third-order valence-electron chi connectivity index (χ3n) is 4.07. The summed E-state index contributed by atoms with van der Waals surface area (Å²) in [6, 6.07) is 0. The van der Waals surface area contributed by atoms with Crippen molar-refractivity contribution in [2.45, 2.75) is 51.0 Å². The first-order chi connectivity index (χ1) is 9.07. The van der Waals surface area contributed by atoms with Crippen molar-refractivity contribution in [3.05, 3.63) is 11.4 Å². The van der Waals surface area contributed by atoms with Crippen LogP contribution in [0.1, 0.15) is 49.9 Å². The Morgan fingerprint density at radius 3 is 2.84 bits per heavy atom. The molecule has 3 N–H and O–H groups in total. The fourth-order valence-corrected chi connectivity index (χ4v) is 2.50. The summed E-state index contributed by atoms with van der Waals surface area (Å²) in [6.45, 7) is 5.74. The van der Waals surface area contributed by atoms with Crippen molar-refractivity contribution in [3.63, 3.8) is 0 Å². The number of anilines is 2. The lowest BCUT2D eigenvalue weighted by molar-refractivity contribution is 0.0314. The van der Waals surface area contributed by atoms with Gasteiger partial charge in [-0.2, -0.15) is 0 Å². The molecule has 5 heteroatoms. The molecule has 0 aromatic carbocycles. The van der Waals surface area contributed by atoms with E-state index in [2.05, 4.69) is 22.2 Å². The number of nitrogens with zero attached hydrogens (tertiary/aromatic N) is 2. The van der Waals surface area contributed by atoms with Crippen molar-refractivity contribution < 1.29 is 4.74 Å². The number of nitrogen functional groups attached to an aromatic ring is 1. The molecule has 3 rings (SSSR count). The van der Waals surface area contributed by atoms with Gasteiger partial charge in [0.05, 0.1) is 5.60 Å². The standard InChI is InChI=1S/C14H22N4O/c1-9-11(15)17-13(10-4-5-10)18-12(9)16-8-14(2)6-3-7-19-14/h10H,3-8H2,1-2H3,(H3,15,16,17,18). The molecule has 1 saturated carbocycles. The second-order valence-electron chi connectivity index (χ2n) is 5.97. The van der Waals surface area contributed by atoms with Crippen LogP contribution >= 0.6 is 0 Å². The Balaban J connectivity index is 1.75. The van der Waals surface area contributed by atoms with E-state index >= 15 is 0 Å². The lowest BCUT2D eigenvalue weighted by Crippen LogP contribution is -2.33. The average Bonchev–Trinajstić information content (AvgIpc) is 3.14. The first-order valence-electron chi connectivity index (χ1n) is 7.09. The Labute approximate surface area is 114 Å². The molecule has 1 aromatic rings. The second kappa shape index (κ2) is 4.63. The van der Waals surface area contributed by atoms with E-state index in [1.54, 1.807) is 0 Å². The van der Waals surface area contributed by atoms with Gasteiger partial charge in [0.2, 0.25) is 0 Å². The monoisotopic (exact) mass is 262 g/mol. The summed E-state index contributed by atoms with van der Waals surface area (Å²) in [5, 5.41) is 3.40. The molecule has 104 valence electrons. The molecule has 0 amide bonds. The zero-order valence-electron chi connectivity index (χ0n) is 11.7. The predicted molar refractivity (Wildman–Crippen MR) is 75.2 cm³/mol. The molecule has 1 aliphatic heterocycles. The van der Waals surface area contributed by atoms with Gasteiger partial charge < -0.3 is 15.8 Å². The van der Waals surface area contributed by atoms with Gasteiger partial charge in [0.15, 0.2) is 0 Å². The van der Waals surface area contributed by atoms with Gasteiger partial charge in [0.1, 0.15) is 17.5 Å². The number of hydrogen-bond donors (Lipinski definition) is 2. The number of rotatable bonds is 4. The molecule has 2 fully saturated rings. The van der Waals surface area contributed by atoms with Crippen molar-refractivity contribution in [2.24, 2.45) is 0 Å². The molecule has 2 heterocycles. The molecule has 2 aliphatic rings. The van der Waals surface area contributed by atoms with E-state index in [0.717, 1.165) is 43.2 Å². The summed E-state index contributed by atoms with van der Waals surface area (Å²) < 4.78 is 5.79. The van der Waals surface area contributed by atoms with Gasteiger partial charge in [-0.05, 0) is 39.5 Å². The van der Waals surface area contributed by atoms with Crippen molar-refractivity contribution >= 4 is 11.6 Å². The largest absolute Gasteiger partial charge is 0.383 e. The first kappa shape index (κ1) is 12.7. The van der Waals surface area contributed by atoms with Crippen LogP contribution in [-0.4, -0.2) is 28.7 Å². The summed E-state index contributed by atoms with van der Waals surface area (Å²) in [7, 11) is 0. The maximum atomic E-state index is 5.98. The minimum Gasteiger partial charge on any atom is -0.383 e. The van der Waals surface area contributed by atoms with Gasteiger partial charge in [-0.25, -0.2) is 9.97 Å². The van der Waals surface area contributed by atoms with Crippen LogP contribution in [-0.2, 0) is 4.74 Å². The third-order valence-corrected chi connectivity index (χ3v) is 4.07. The quantitative estimate of drug-likeness (QED) is 0.870. The van der Waals surface area contributed by atoms with E-state index in [0.29, 0.717) is 11.7 Å². The van der Waals surface area contributed by atoms with Crippen LogP contribution in [0.15, 0.2) is 0 Å². The van der Waals surface area contributed by atoms with Crippen LogP contribution in [0.25, 0.3) is 0 Å². The van der Waals surface area contributed by atoms with Gasteiger partial charge in [0.25, 0.3) is 0 Å². The molecule has 1 aromatic heterocycles. The van der Waals surface area contributed by atoms with E-state index in [-0.39, 0.29) is 5.60 Å². The minimum absolute atomic E-state index is 0.0775. The van der Waals surface area contributed by atoms with Gasteiger partial charge in [0, 0.05) is 24.6 Å². The maximum Gasteiger partial charge on any atom is 0.136 e. The number of nitrogens with two attached hydrogens (primary N) is 1. The normalized spacial score (nSPS) is 26.6. The lowest BCUT2D eigenvalue weighted by Gasteiger charge is -2.24. The third kappa shape index (κ3) is 2.66. The lowest BCUT2D eigenvalue weighted by atomic mass is 10.0. The Hall–Kier alpha value is -1.36. The van der Waals surface area contributed by atoms with Crippen molar-refractivity contribution in [1.82, 2.24) is 9.97 Å². The zero-order valence-corrected chi connectivity index (χ0v) is 11.7. The summed E-state index contributed by atoms with van der Waals surface area (Å²) in [5.41, 5.74) is 6.84. The summed E-state index contributed by atoms with van der Waals surface area (Å²) in [5.74, 6) is 2.87. The van der Waals surface area contributed by atoms with Crippen LogP contribution in [0.2, 0.25) is 0 Å². The van der Waals surface area contributed by atoms with E-state index < -0.39 is 0 Å². The highest BCUT2D eigenvalue weighted by atomic mass is 16.5. The van der Waals surface area contributed by atoms with Crippen LogP contribution in [0, 0.1) is 6.92 Å². The molecule has 1 atom stereocenters. The molecule has 1 unspecified atom stereocenters. The Bertz CT molecular complexity index is 479. The average molecular weight is 262 g/mol. The molecule has 0 spiro atoms. The topological polar surface area (TPSA) is 73.1 Å². The molecule has 19 heavy (non-hydrogen) atoms. The van der Waals surface area contributed by atoms with Crippen LogP contribution in [0.3, 0.4) is 0 Å². The Morgan fingerprint density at radius 2 is 2.21 bits per heavy atom. The van der Waals surface area contributed by atoms with Gasteiger partial charge in [-0.3, -0.25) is 0 Å². The Morgan fingerprint density at radius 1 is 1.42 bits per heavy atom. The molecular formula is C14H22N4O. The van der Waals surface area contributed by atoms with E-state index in [9.17, 15) is 0 Å². The van der Waals surface area contributed by atoms with Crippen LogP contribution in [0.5, 0.6) is 0 Å². The smallest absolute Gasteiger partial charge is 0.136 e. The first-order valence-corrected chi connectivity index (χ1v) is 7.09. The fraction of sp³-hybridized carbons (Fsp3) is 0.714. The maximum absolute atomic E-state index is 5.98. The van der Waals surface area contributed by atoms with Gasteiger partial charge in [-0.15, -0.1) is 0 Å². The number of aromatic nitrogens is 2. The highest BCUT2D eigenvalue weighted by Crippen LogP contribution is 2.39. The van der Waals surface area contributed by atoms with Gasteiger partial charge >= 0.3 is 0 Å². The van der Waals surface area contributed by atoms with Crippen molar-refractivity contribution in [1.29, 1.82) is 0 Å². The highest BCUT2D eigenvalue weighted by Gasteiger charge is 2.31. The summed E-state index contributed by atoms with van der Waals surface area (Å²) in [4.78, 5) is 9.02. The molecular weight excluding hydrogens is 240 g/mol. The van der Waals surface area contributed by atoms with Crippen molar-refractivity contribution in [2.75, 3.05) is 24.2 Å². The van der Waals surface area contributed by atoms with Crippen molar-refractivity contribution in [3.8, 4) is 0 Å². The van der Waals surface area contributed by atoms with E-state index in [1.807, 2.05) is 6.92 Å². The molecule has 0 bridgehead atoms. The molecule has 1 aliphatic carbocycles. The molecule has 5 nitrogen and oxygen atoms in total. The fourth-order valence-electron chi connectivity index (χ4n) is 2.50. The number of hydrogen-bond acceptors (Lipinski definition) is 5. The Kier molecular flexibility index (Phi) is 3.09. The highest BCUT2D eigenvalue weighted by molar-refractivity contribution is 5.55. The number of nitrogens with one attached hydrogen (secondary N) is 1. The zero-order chi connectivity index (χ0) is 13.5. The van der Waals surface area contributed by atoms with Gasteiger partial charge in [-0.1, -0.05) is 0 Å². The van der Waals surface area contributed by atoms with Crippen LogP contribution < -0.4 is 11.1 Å². The van der Waals surface area contributed by atoms with Crippen LogP contribution in [0.4, 0.5) is 11.6 Å². The molecule has 1 saturated heterocycles.